The van der Waals surface area contributed by atoms with E-state index in [2.05, 4.69) is 20.5 Å². The van der Waals surface area contributed by atoms with Crippen LogP contribution in [0.3, 0.4) is 0 Å². The number of nitrogens with one attached hydrogen (secondary N) is 1. The largest absolute Gasteiger partial charge is 0.306 e. The van der Waals surface area contributed by atoms with Crippen molar-refractivity contribution in [2.24, 2.45) is 7.05 Å². The van der Waals surface area contributed by atoms with Crippen molar-refractivity contribution in [3.05, 3.63) is 53.7 Å². The molecule has 0 atom stereocenters. The molecule has 2 heterocycles. The first kappa shape index (κ1) is 15.0. The Morgan fingerprint density at radius 3 is 2.74 bits per heavy atom. The number of hydrogen-bond acceptors (Lipinski definition) is 4. The Kier molecular flexibility index (Phi) is 3.92. The molecule has 2 aromatic heterocycles. The van der Waals surface area contributed by atoms with Gasteiger partial charge in [-0.25, -0.2) is 9.67 Å². The monoisotopic (exact) mass is 310 g/mol. The molecule has 0 saturated carbocycles. The Bertz CT molecular complexity index is 834. The van der Waals surface area contributed by atoms with E-state index in [-0.39, 0.29) is 5.91 Å². The van der Waals surface area contributed by atoms with Gasteiger partial charge in [0.15, 0.2) is 0 Å². The Morgan fingerprint density at radius 2 is 2.09 bits per heavy atom. The normalized spacial score (nSPS) is 10.7. The van der Waals surface area contributed by atoms with Crippen molar-refractivity contribution >= 4 is 11.7 Å². The van der Waals surface area contributed by atoms with Crippen LogP contribution in [-0.4, -0.2) is 30.5 Å². The van der Waals surface area contributed by atoms with Gasteiger partial charge < -0.3 is 5.32 Å². The van der Waals surface area contributed by atoms with Gasteiger partial charge in [-0.3, -0.25) is 9.48 Å². The number of amides is 1. The highest BCUT2D eigenvalue weighted by Gasteiger charge is 2.17. The highest BCUT2D eigenvalue weighted by Crippen LogP contribution is 2.21. The van der Waals surface area contributed by atoms with E-state index in [1.54, 1.807) is 21.8 Å². The van der Waals surface area contributed by atoms with E-state index < -0.39 is 0 Å². The van der Waals surface area contributed by atoms with Crippen molar-refractivity contribution in [1.29, 1.82) is 0 Å². The Morgan fingerprint density at radius 1 is 1.30 bits per heavy atom. The summed E-state index contributed by atoms with van der Waals surface area (Å²) in [6.07, 6.45) is 3.83. The Hall–Kier alpha value is -2.96. The van der Waals surface area contributed by atoms with Crippen molar-refractivity contribution < 1.29 is 4.79 Å². The van der Waals surface area contributed by atoms with Gasteiger partial charge >= 0.3 is 0 Å². The number of carbonyl (C=O) groups excluding carboxylic acids is 1. The molecule has 1 N–H and O–H groups in total. The average molecular weight is 310 g/mol. The molecule has 0 spiro atoms. The molecule has 1 aromatic carbocycles. The average Bonchev–Trinajstić information content (AvgIpc) is 3.18. The van der Waals surface area contributed by atoms with Crippen molar-refractivity contribution in [2.75, 3.05) is 5.32 Å². The van der Waals surface area contributed by atoms with E-state index in [0.29, 0.717) is 17.1 Å². The lowest BCUT2D eigenvalue weighted by atomic mass is 10.1. The third-order valence-corrected chi connectivity index (χ3v) is 3.76. The van der Waals surface area contributed by atoms with Crippen molar-refractivity contribution in [1.82, 2.24) is 24.5 Å². The molecule has 0 aliphatic carbocycles. The van der Waals surface area contributed by atoms with E-state index in [0.717, 1.165) is 17.7 Å². The second-order valence-corrected chi connectivity index (χ2v) is 5.21. The van der Waals surface area contributed by atoms with E-state index in [1.165, 1.54) is 6.33 Å². The summed E-state index contributed by atoms with van der Waals surface area (Å²) in [5.74, 6) is 0.505. The summed E-state index contributed by atoms with van der Waals surface area (Å²) in [4.78, 5) is 16.7. The number of hydrogen-bond donors (Lipinski definition) is 1. The first-order chi connectivity index (χ1) is 11.1. The van der Waals surface area contributed by atoms with Crippen molar-refractivity contribution in [3.8, 4) is 5.69 Å². The molecule has 0 radical (unpaired) electrons. The summed E-state index contributed by atoms with van der Waals surface area (Å²) in [6.45, 7) is 4.01. The number of benzene rings is 1. The van der Waals surface area contributed by atoms with Gasteiger partial charge in [0.1, 0.15) is 18.5 Å². The van der Waals surface area contributed by atoms with Gasteiger partial charge in [0.25, 0.3) is 5.91 Å². The smallest absolute Gasteiger partial charge is 0.259 e. The number of para-hydroxylation sites is 1. The topological polar surface area (TPSA) is 77.6 Å². The van der Waals surface area contributed by atoms with Crippen LogP contribution in [0.1, 0.15) is 28.5 Å². The molecule has 23 heavy (non-hydrogen) atoms. The molecule has 1 amide bonds. The zero-order valence-corrected chi connectivity index (χ0v) is 13.3. The molecule has 0 aliphatic heterocycles. The zero-order chi connectivity index (χ0) is 16.4. The maximum atomic E-state index is 12.7. The second-order valence-electron chi connectivity index (χ2n) is 5.21. The van der Waals surface area contributed by atoms with Crippen LogP contribution < -0.4 is 5.32 Å². The van der Waals surface area contributed by atoms with Crippen molar-refractivity contribution in [2.45, 2.75) is 20.3 Å². The molecule has 0 bridgehead atoms. The molecule has 7 heteroatoms. The standard InChI is InChI=1S/C16H18N6O/c1-4-13-11(2)15(21(3)20-13)19-16(23)12-7-5-6-8-14(12)22-10-17-9-18-22/h5-10H,4H2,1-3H3,(H,19,23). The predicted octanol–water partition coefficient (Wildman–Crippen LogP) is 2.12. The van der Waals surface area contributed by atoms with E-state index >= 15 is 0 Å². The fourth-order valence-electron chi connectivity index (χ4n) is 2.57. The number of anilines is 1. The summed E-state index contributed by atoms with van der Waals surface area (Å²) >= 11 is 0. The summed E-state index contributed by atoms with van der Waals surface area (Å²) in [6, 6.07) is 7.27. The molecule has 0 unspecified atom stereocenters. The molecule has 0 fully saturated rings. The van der Waals surface area contributed by atoms with Gasteiger partial charge in [0.2, 0.25) is 0 Å². The third kappa shape index (κ3) is 2.73. The van der Waals surface area contributed by atoms with E-state index in [4.69, 9.17) is 0 Å². The summed E-state index contributed by atoms with van der Waals surface area (Å²) in [7, 11) is 1.82. The number of nitrogens with zero attached hydrogens (tertiary/aromatic N) is 5. The second kappa shape index (κ2) is 6.04. The van der Waals surface area contributed by atoms with Gasteiger partial charge in [-0.1, -0.05) is 19.1 Å². The van der Waals surface area contributed by atoms with Crippen LogP contribution in [0.2, 0.25) is 0 Å². The van der Waals surface area contributed by atoms with Crippen LogP contribution in [-0.2, 0) is 13.5 Å². The SMILES string of the molecule is CCc1nn(C)c(NC(=O)c2ccccc2-n2cncn2)c1C. The molecule has 0 saturated heterocycles. The Labute approximate surface area is 134 Å². The van der Waals surface area contributed by atoms with Crippen LogP contribution >= 0.6 is 0 Å². The lowest BCUT2D eigenvalue weighted by Crippen LogP contribution is -2.17. The highest BCUT2D eigenvalue weighted by molar-refractivity contribution is 6.06. The zero-order valence-electron chi connectivity index (χ0n) is 13.3. The van der Waals surface area contributed by atoms with Crippen LogP contribution in [0.25, 0.3) is 5.69 Å². The van der Waals surface area contributed by atoms with Gasteiger partial charge in [-0.05, 0) is 25.5 Å². The first-order valence-electron chi connectivity index (χ1n) is 7.39. The molecule has 0 aliphatic rings. The summed E-state index contributed by atoms with van der Waals surface area (Å²) in [5, 5.41) is 11.5. The maximum Gasteiger partial charge on any atom is 0.259 e. The molecular formula is C16H18N6O. The van der Waals surface area contributed by atoms with Gasteiger partial charge in [-0.2, -0.15) is 10.2 Å². The fraction of sp³-hybridized carbons (Fsp3) is 0.250. The van der Waals surface area contributed by atoms with Crippen LogP contribution in [0.5, 0.6) is 0 Å². The number of rotatable bonds is 4. The molecule has 3 aromatic rings. The third-order valence-electron chi connectivity index (χ3n) is 3.76. The predicted molar refractivity (Wildman–Crippen MR) is 86.6 cm³/mol. The maximum absolute atomic E-state index is 12.7. The van der Waals surface area contributed by atoms with Gasteiger partial charge in [-0.15, -0.1) is 0 Å². The van der Waals surface area contributed by atoms with E-state index in [1.807, 2.05) is 39.1 Å². The minimum Gasteiger partial charge on any atom is -0.306 e. The number of carbonyl (C=O) groups is 1. The van der Waals surface area contributed by atoms with Gasteiger partial charge in [0.05, 0.1) is 16.9 Å². The highest BCUT2D eigenvalue weighted by atomic mass is 16.1. The molecule has 7 nitrogen and oxygen atoms in total. The number of aryl methyl sites for hydroxylation is 2. The van der Waals surface area contributed by atoms with Crippen molar-refractivity contribution in [3.63, 3.8) is 0 Å². The van der Waals surface area contributed by atoms with Gasteiger partial charge in [0, 0.05) is 12.6 Å². The lowest BCUT2D eigenvalue weighted by Gasteiger charge is -2.10. The summed E-state index contributed by atoms with van der Waals surface area (Å²) in [5.41, 5.74) is 3.17. The minimum absolute atomic E-state index is 0.204. The molecule has 3 rings (SSSR count). The quantitative estimate of drug-likeness (QED) is 0.800. The molecule has 118 valence electrons. The number of aromatic nitrogens is 5. The van der Waals surface area contributed by atoms with Crippen LogP contribution in [0.15, 0.2) is 36.9 Å². The fourth-order valence-corrected chi connectivity index (χ4v) is 2.57. The summed E-state index contributed by atoms with van der Waals surface area (Å²) < 4.78 is 3.27. The van der Waals surface area contributed by atoms with E-state index in [9.17, 15) is 4.79 Å². The minimum atomic E-state index is -0.204. The first-order valence-corrected chi connectivity index (χ1v) is 7.39. The van der Waals surface area contributed by atoms with Crippen LogP contribution in [0.4, 0.5) is 5.82 Å². The van der Waals surface area contributed by atoms with Crippen LogP contribution in [0, 0.1) is 6.92 Å². The molecular weight excluding hydrogens is 292 g/mol. The lowest BCUT2D eigenvalue weighted by molar-refractivity contribution is 0.102. The Balaban J connectivity index is 1.95.